The van der Waals surface area contributed by atoms with E-state index in [9.17, 15) is 0 Å². The largest absolute Gasteiger partial charge is 0.497 e. The van der Waals surface area contributed by atoms with Crippen molar-refractivity contribution in [2.45, 2.75) is 45.6 Å². The third-order valence-corrected chi connectivity index (χ3v) is 3.42. The zero-order valence-corrected chi connectivity index (χ0v) is 12.8. The van der Waals surface area contributed by atoms with Crippen LogP contribution in [0.3, 0.4) is 0 Å². The summed E-state index contributed by atoms with van der Waals surface area (Å²) in [6, 6.07) is 6.57. The number of ether oxygens (including phenoxy) is 2. The van der Waals surface area contributed by atoms with Gasteiger partial charge in [0.05, 0.1) is 14.2 Å². The Bertz CT molecular complexity index is 379. The van der Waals surface area contributed by atoms with Gasteiger partial charge in [-0.05, 0) is 43.9 Å². The molecule has 3 heteroatoms. The van der Waals surface area contributed by atoms with Crippen LogP contribution in [0.1, 0.15) is 45.1 Å². The van der Waals surface area contributed by atoms with Crippen LogP contribution in [0.25, 0.3) is 0 Å². The highest BCUT2D eigenvalue weighted by atomic mass is 16.5. The summed E-state index contributed by atoms with van der Waals surface area (Å²) in [6.45, 7) is 7.75. The topological polar surface area (TPSA) is 30.5 Å². The van der Waals surface area contributed by atoms with Crippen LogP contribution in [0.4, 0.5) is 0 Å². The molecule has 0 heterocycles. The van der Waals surface area contributed by atoms with Gasteiger partial charge in [0.2, 0.25) is 0 Å². The summed E-state index contributed by atoms with van der Waals surface area (Å²) >= 11 is 0. The first-order valence-corrected chi connectivity index (χ1v) is 7.07. The van der Waals surface area contributed by atoms with E-state index in [1.165, 1.54) is 12.0 Å². The molecule has 0 aliphatic heterocycles. The first-order chi connectivity index (χ1) is 9.12. The Morgan fingerprint density at radius 3 is 2.47 bits per heavy atom. The van der Waals surface area contributed by atoms with Crippen molar-refractivity contribution in [3.8, 4) is 11.5 Å². The van der Waals surface area contributed by atoms with E-state index in [1.807, 2.05) is 12.1 Å². The minimum atomic E-state index is 0.459. The molecule has 0 amide bonds. The second-order valence-corrected chi connectivity index (χ2v) is 5.10. The molecule has 1 aromatic carbocycles. The van der Waals surface area contributed by atoms with Crippen LogP contribution < -0.4 is 14.8 Å². The molecule has 0 saturated heterocycles. The van der Waals surface area contributed by atoms with Gasteiger partial charge in [-0.3, -0.25) is 0 Å². The second-order valence-electron chi connectivity index (χ2n) is 5.10. The Balaban J connectivity index is 2.72. The van der Waals surface area contributed by atoms with E-state index >= 15 is 0 Å². The number of rotatable bonds is 8. The molecule has 2 unspecified atom stereocenters. The predicted octanol–water partition coefficient (Wildman–Crippen LogP) is 3.59. The highest BCUT2D eigenvalue weighted by Crippen LogP contribution is 2.32. The lowest BCUT2D eigenvalue weighted by molar-refractivity contribution is 0.385. The lowest BCUT2D eigenvalue weighted by atomic mass is 9.93. The number of methoxy groups -OCH3 is 2. The van der Waals surface area contributed by atoms with E-state index in [-0.39, 0.29) is 0 Å². The maximum Gasteiger partial charge on any atom is 0.126 e. The van der Waals surface area contributed by atoms with Crippen molar-refractivity contribution >= 4 is 0 Å². The summed E-state index contributed by atoms with van der Waals surface area (Å²) in [6.07, 6.45) is 2.27. The molecule has 0 aliphatic rings. The van der Waals surface area contributed by atoms with Crippen LogP contribution in [-0.4, -0.2) is 26.8 Å². The maximum absolute atomic E-state index is 5.47. The highest BCUT2D eigenvalue weighted by molar-refractivity contribution is 5.42. The van der Waals surface area contributed by atoms with E-state index in [2.05, 4.69) is 32.2 Å². The summed E-state index contributed by atoms with van der Waals surface area (Å²) in [5.74, 6) is 2.21. The molecule has 3 nitrogen and oxygen atoms in total. The van der Waals surface area contributed by atoms with Gasteiger partial charge in [0.1, 0.15) is 11.5 Å². The standard InChI is InChI=1S/C16H27NO2/c1-6-9-17-13(3)10-12(2)15-8-7-14(18-4)11-16(15)19-5/h7-8,11-13,17H,6,9-10H2,1-5H3. The van der Waals surface area contributed by atoms with Crippen LogP contribution in [0, 0.1) is 0 Å². The molecule has 0 bridgehead atoms. The van der Waals surface area contributed by atoms with Crippen molar-refractivity contribution in [3.63, 3.8) is 0 Å². The molecule has 1 N–H and O–H groups in total. The fraction of sp³-hybridized carbons (Fsp3) is 0.625. The Hall–Kier alpha value is -1.22. The second kappa shape index (κ2) is 8.05. The quantitative estimate of drug-likeness (QED) is 0.779. The smallest absolute Gasteiger partial charge is 0.126 e. The van der Waals surface area contributed by atoms with Gasteiger partial charge in [0, 0.05) is 12.1 Å². The van der Waals surface area contributed by atoms with Gasteiger partial charge in [-0.15, -0.1) is 0 Å². The number of hydrogen-bond donors (Lipinski definition) is 1. The van der Waals surface area contributed by atoms with Crippen LogP contribution in [0.5, 0.6) is 11.5 Å². The van der Waals surface area contributed by atoms with Crippen molar-refractivity contribution < 1.29 is 9.47 Å². The summed E-state index contributed by atoms with van der Waals surface area (Å²) in [4.78, 5) is 0. The molecule has 0 radical (unpaired) electrons. The minimum Gasteiger partial charge on any atom is -0.497 e. The molecule has 0 saturated carbocycles. The summed E-state index contributed by atoms with van der Waals surface area (Å²) in [5, 5.41) is 3.53. The van der Waals surface area contributed by atoms with E-state index in [0.717, 1.165) is 24.5 Å². The van der Waals surface area contributed by atoms with Crippen molar-refractivity contribution in [3.05, 3.63) is 23.8 Å². The molecule has 1 aromatic rings. The number of hydrogen-bond acceptors (Lipinski definition) is 3. The zero-order valence-electron chi connectivity index (χ0n) is 12.8. The lowest BCUT2D eigenvalue weighted by Gasteiger charge is -2.21. The Morgan fingerprint density at radius 1 is 1.16 bits per heavy atom. The molecule has 0 aromatic heterocycles. The predicted molar refractivity (Wildman–Crippen MR) is 80.3 cm³/mol. The van der Waals surface area contributed by atoms with E-state index < -0.39 is 0 Å². The normalized spacial score (nSPS) is 13.9. The van der Waals surface area contributed by atoms with Gasteiger partial charge in [-0.2, -0.15) is 0 Å². The van der Waals surface area contributed by atoms with Gasteiger partial charge in [-0.1, -0.05) is 19.9 Å². The van der Waals surface area contributed by atoms with Crippen molar-refractivity contribution in [1.82, 2.24) is 5.32 Å². The fourth-order valence-corrected chi connectivity index (χ4v) is 2.36. The van der Waals surface area contributed by atoms with Gasteiger partial charge in [0.15, 0.2) is 0 Å². The zero-order chi connectivity index (χ0) is 14.3. The SMILES string of the molecule is CCCNC(C)CC(C)c1ccc(OC)cc1OC. The number of benzene rings is 1. The average Bonchev–Trinajstić information content (AvgIpc) is 2.44. The molecule has 0 fully saturated rings. The lowest BCUT2D eigenvalue weighted by Crippen LogP contribution is -2.28. The first-order valence-electron chi connectivity index (χ1n) is 7.07. The van der Waals surface area contributed by atoms with E-state index in [4.69, 9.17) is 9.47 Å². The highest BCUT2D eigenvalue weighted by Gasteiger charge is 2.15. The minimum absolute atomic E-state index is 0.459. The van der Waals surface area contributed by atoms with Gasteiger partial charge < -0.3 is 14.8 Å². The van der Waals surface area contributed by atoms with Crippen molar-refractivity contribution in [2.75, 3.05) is 20.8 Å². The van der Waals surface area contributed by atoms with E-state index in [0.29, 0.717) is 12.0 Å². The van der Waals surface area contributed by atoms with Crippen molar-refractivity contribution in [2.24, 2.45) is 0 Å². The first kappa shape index (κ1) is 15.8. The molecule has 108 valence electrons. The average molecular weight is 265 g/mol. The Labute approximate surface area is 117 Å². The molecule has 0 aliphatic carbocycles. The summed E-state index contributed by atoms with van der Waals surface area (Å²) < 4.78 is 10.7. The third kappa shape index (κ3) is 4.75. The molecule has 2 atom stereocenters. The van der Waals surface area contributed by atoms with Gasteiger partial charge >= 0.3 is 0 Å². The summed E-state index contributed by atoms with van der Waals surface area (Å²) in [5.41, 5.74) is 1.24. The maximum atomic E-state index is 5.47. The molecule has 1 rings (SSSR count). The molecule has 0 spiro atoms. The van der Waals surface area contributed by atoms with Gasteiger partial charge in [0.25, 0.3) is 0 Å². The number of nitrogens with one attached hydrogen (secondary N) is 1. The van der Waals surface area contributed by atoms with Crippen LogP contribution >= 0.6 is 0 Å². The van der Waals surface area contributed by atoms with Gasteiger partial charge in [-0.25, -0.2) is 0 Å². The monoisotopic (exact) mass is 265 g/mol. The van der Waals surface area contributed by atoms with Crippen LogP contribution in [-0.2, 0) is 0 Å². The molecular formula is C16H27NO2. The fourth-order valence-electron chi connectivity index (χ4n) is 2.36. The van der Waals surface area contributed by atoms with Crippen LogP contribution in [0.2, 0.25) is 0 Å². The van der Waals surface area contributed by atoms with Crippen LogP contribution in [0.15, 0.2) is 18.2 Å². The Kier molecular flexibility index (Phi) is 6.71. The third-order valence-electron chi connectivity index (χ3n) is 3.42. The van der Waals surface area contributed by atoms with E-state index in [1.54, 1.807) is 14.2 Å². The van der Waals surface area contributed by atoms with Crippen molar-refractivity contribution in [1.29, 1.82) is 0 Å². The summed E-state index contributed by atoms with van der Waals surface area (Å²) in [7, 11) is 3.39. The Morgan fingerprint density at radius 2 is 1.89 bits per heavy atom. The molecule has 19 heavy (non-hydrogen) atoms. The molecular weight excluding hydrogens is 238 g/mol.